The zero-order chi connectivity index (χ0) is 21.8. The first kappa shape index (κ1) is 21.4. The van der Waals surface area contributed by atoms with E-state index in [-0.39, 0.29) is 6.10 Å². The summed E-state index contributed by atoms with van der Waals surface area (Å²) in [6.07, 6.45) is 0.0330. The summed E-state index contributed by atoms with van der Waals surface area (Å²) in [5.41, 5.74) is 2.62. The van der Waals surface area contributed by atoms with Crippen molar-refractivity contribution < 1.29 is 9.47 Å². The van der Waals surface area contributed by atoms with Gasteiger partial charge < -0.3 is 14.4 Å². The molecule has 0 aliphatic carbocycles. The molecule has 4 rings (SSSR count). The molecule has 0 radical (unpaired) electrons. The van der Waals surface area contributed by atoms with Crippen LogP contribution in [-0.4, -0.2) is 48.8 Å². The zero-order valence-corrected chi connectivity index (χ0v) is 19.1. The second-order valence-electron chi connectivity index (χ2n) is 7.87. The number of hydrogen-bond donors (Lipinski definition) is 0. The minimum atomic E-state index is 0.0330. The summed E-state index contributed by atoms with van der Waals surface area (Å²) in [6, 6.07) is 14.4. The van der Waals surface area contributed by atoms with Crippen molar-refractivity contribution in [3.8, 4) is 17.6 Å². The van der Waals surface area contributed by atoms with E-state index in [4.69, 9.17) is 14.5 Å². The van der Waals surface area contributed by atoms with Gasteiger partial charge in [0.25, 0.3) is 0 Å². The number of fused-ring (bicyclic) bond motifs is 1. The highest BCUT2D eigenvalue weighted by Crippen LogP contribution is 2.36. The van der Waals surface area contributed by atoms with Crippen LogP contribution < -0.4 is 14.4 Å². The third-order valence-corrected chi connectivity index (χ3v) is 6.28. The van der Waals surface area contributed by atoms with Gasteiger partial charge in [-0.3, -0.25) is 4.90 Å². The van der Waals surface area contributed by atoms with Crippen molar-refractivity contribution in [2.24, 2.45) is 0 Å². The summed E-state index contributed by atoms with van der Waals surface area (Å²) in [5.74, 6) is 1.33. The summed E-state index contributed by atoms with van der Waals surface area (Å²) < 4.78 is 12.9. The lowest BCUT2D eigenvalue weighted by molar-refractivity contribution is 0.223. The van der Waals surface area contributed by atoms with Gasteiger partial charge in [-0.05, 0) is 32.9 Å². The molecule has 0 spiro atoms. The van der Waals surface area contributed by atoms with E-state index in [9.17, 15) is 5.26 Å². The van der Waals surface area contributed by atoms with Crippen LogP contribution in [0, 0.1) is 11.3 Å². The fraction of sp³-hybridized carbons (Fsp3) is 0.417. The predicted octanol–water partition coefficient (Wildman–Crippen LogP) is 4.68. The van der Waals surface area contributed by atoms with Crippen molar-refractivity contribution in [2.75, 3.05) is 37.7 Å². The molecule has 31 heavy (non-hydrogen) atoms. The van der Waals surface area contributed by atoms with E-state index in [0.29, 0.717) is 23.7 Å². The first-order valence-electron chi connectivity index (χ1n) is 10.8. The number of aromatic nitrogens is 1. The highest BCUT2D eigenvalue weighted by molar-refractivity contribution is 7.18. The molecule has 1 aromatic heterocycles. The minimum absolute atomic E-state index is 0.0330. The van der Waals surface area contributed by atoms with Gasteiger partial charge in [-0.2, -0.15) is 5.26 Å². The molecule has 2 heterocycles. The molecule has 0 atom stereocenters. The van der Waals surface area contributed by atoms with Crippen molar-refractivity contribution in [1.29, 1.82) is 5.26 Å². The molecule has 0 N–H and O–H groups in total. The van der Waals surface area contributed by atoms with E-state index in [2.05, 4.69) is 34.1 Å². The van der Waals surface area contributed by atoms with Gasteiger partial charge in [0.15, 0.2) is 11.5 Å². The Bertz CT molecular complexity index is 1050. The molecule has 0 amide bonds. The van der Waals surface area contributed by atoms with Crippen LogP contribution >= 0.6 is 11.3 Å². The zero-order valence-electron chi connectivity index (χ0n) is 18.3. The summed E-state index contributed by atoms with van der Waals surface area (Å²) in [7, 11) is 0. The van der Waals surface area contributed by atoms with Gasteiger partial charge in [0.2, 0.25) is 0 Å². The second-order valence-corrected chi connectivity index (χ2v) is 8.98. The largest absolute Gasteiger partial charge is 0.490 e. The van der Waals surface area contributed by atoms with Gasteiger partial charge >= 0.3 is 0 Å². The summed E-state index contributed by atoms with van der Waals surface area (Å²) in [4.78, 5) is 9.47. The molecule has 1 aliphatic rings. The first-order chi connectivity index (χ1) is 15.1. The number of ether oxygens (including phenoxy) is 2. The van der Waals surface area contributed by atoms with Crippen molar-refractivity contribution in [3.63, 3.8) is 0 Å². The van der Waals surface area contributed by atoms with Gasteiger partial charge in [-0.25, -0.2) is 4.98 Å². The van der Waals surface area contributed by atoms with E-state index in [1.807, 2.05) is 39.0 Å². The second kappa shape index (κ2) is 9.54. The number of nitrogens with zero attached hydrogens (tertiary/aromatic N) is 4. The number of nitriles is 1. The van der Waals surface area contributed by atoms with Crippen LogP contribution in [-0.2, 0) is 6.54 Å². The van der Waals surface area contributed by atoms with Gasteiger partial charge in [-0.15, -0.1) is 11.3 Å². The van der Waals surface area contributed by atoms with Gasteiger partial charge in [0, 0.05) is 38.3 Å². The quantitative estimate of drug-likeness (QED) is 0.536. The number of anilines is 1. The molecular weight excluding hydrogens is 408 g/mol. The third kappa shape index (κ3) is 4.92. The predicted molar refractivity (Wildman–Crippen MR) is 125 cm³/mol. The maximum Gasteiger partial charge on any atom is 0.163 e. The molecule has 162 valence electrons. The normalized spacial score (nSPS) is 14.7. The van der Waals surface area contributed by atoms with Crippen molar-refractivity contribution >= 4 is 27.2 Å². The lowest BCUT2D eigenvalue weighted by atomic mass is 10.1. The number of piperazine rings is 1. The summed E-state index contributed by atoms with van der Waals surface area (Å²) >= 11 is 1.77. The smallest absolute Gasteiger partial charge is 0.163 e. The van der Waals surface area contributed by atoms with E-state index in [1.54, 1.807) is 11.3 Å². The Morgan fingerprint density at radius 2 is 1.90 bits per heavy atom. The van der Waals surface area contributed by atoms with Crippen LogP contribution in [0.15, 0.2) is 36.4 Å². The Labute approximate surface area is 187 Å². The highest BCUT2D eigenvalue weighted by atomic mass is 32.1. The topological polar surface area (TPSA) is 61.6 Å². The van der Waals surface area contributed by atoms with Crippen LogP contribution in [0.2, 0.25) is 0 Å². The van der Waals surface area contributed by atoms with E-state index in [1.165, 1.54) is 4.70 Å². The van der Waals surface area contributed by atoms with Crippen LogP contribution in [0.3, 0.4) is 0 Å². The van der Waals surface area contributed by atoms with Crippen molar-refractivity contribution in [2.45, 2.75) is 33.4 Å². The number of para-hydroxylation sites is 1. The van der Waals surface area contributed by atoms with Crippen LogP contribution in [0.1, 0.15) is 31.3 Å². The molecule has 0 saturated carbocycles. The Hall–Kier alpha value is -2.82. The SMILES string of the molecule is CCOc1cc(C#N)c(N2CCN(Cc3nc4ccccc4s3)CC2)cc1OC(C)C. The van der Waals surface area contributed by atoms with Gasteiger partial charge in [-0.1, -0.05) is 12.1 Å². The fourth-order valence-corrected chi connectivity index (χ4v) is 4.85. The lowest BCUT2D eigenvalue weighted by Crippen LogP contribution is -2.46. The monoisotopic (exact) mass is 436 g/mol. The molecule has 0 unspecified atom stereocenters. The minimum Gasteiger partial charge on any atom is -0.490 e. The summed E-state index contributed by atoms with van der Waals surface area (Å²) in [5, 5.41) is 10.9. The number of hydrogen-bond acceptors (Lipinski definition) is 7. The van der Waals surface area contributed by atoms with Crippen molar-refractivity contribution in [1.82, 2.24) is 9.88 Å². The lowest BCUT2D eigenvalue weighted by Gasteiger charge is -2.36. The molecule has 6 nitrogen and oxygen atoms in total. The van der Waals surface area contributed by atoms with Crippen LogP contribution in [0.25, 0.3) is 10.2 Å². The molecule has 0 bridgehead atoms. The molecular formula is C24H28N4O2S. The molecule has 1 fully saturated rings. The Morgan fingerprint density at radius 1 is 1.13 bits per heavy atom. The highest BCUT2D eigenvalue weighted by Gasteiger charge is 2.23. The Morgan fingerprint density at radius 3 is 2.58 bits per heavy atom. The van der Waals surface area contributed by atoms with Crippen LogP contribution in [0.5, 0.6) is 11.5 Å². The first-order valence-corrected chi connectivity index (χ1v) is 11.6. The molecule has 2 aromatic carbocycles. The number of benzene rings is 2. The Kier molecular flexibility index (Phi) is 6.59. The molecule has 3 aromatic rings. The van der Waals surface area contributed by atoms with Crippen molar-refractivity contribution in [3.05, 3.63) is 47.0 Å². The number of thiazole rings is 1. The number of rotatable bonds is 7. The fourth-order valence-electron chi connectivity index (χ4n) is 3.84. The van der Waals surface area contributed by atoms with E-state index in [0.717, 1.165) is 48.9 Å². The van der Waals surface area contributed by atoms with E-state index >= 15 is 0 Å². The maximum absolute atomic E-state index is 9.74. The molecule has 1 saturated heterocycles. The maximum atomic E-state index is 9.74. The molecule has 7 heteroatoms. The van der Waals surface area contributed by atoms with Gasteiger partial charge in [0.1, 0.15) is 11.1 Å². The van der Waals surface area contributed by atoms with E-state index < -0.39 is 0 Å². The third-order valence-electron chi connectivity index (χ3n) is 5.26. The average molecular weight is 437 g/mol. The average Bonchev–Trinajstić information content (AvgIpc) is 3.17. The van der Waals surface area contributed by atoms with Gasteiger partial charge in [0.05, 0.1) is 40.7 Å². The summed E-state index contributed by atoms with van der Waals surface area (Å²) in [6.45, 7) is 10.9. The van der Waals surface area contributed by atoms with Crippen LogP contribution in [0.4, 0.5) is 5.69 Å². The Balaban J connectivity index is 1.47. The molecule has 1 aliphatic heterocycles. The standard InChI is InChI=1S/C24H28N4O2S/c1-4-29-21-13-18(15-25)20(14-22(21)30-17(2)3)28-11-9-27(10-12-28)16-24-26-19-7-5-6-8-23(19)31-24/h5-8,13-14,17H,4,9-12,16H2,1-3H3.